The standard InChI is InChI=1S/C15H12ClFN2O3/c1-9(10-3-2-4-12(16)7-10)18-15(20)11-5-6-13(17)14(8-11)19(21)22/h2-9H,1H3,(H,18,20)/t9-/m0/s1. The van der Waals surface area contributed by atoms with Gasteiger partial charge in [-0.05, 0) is 36.8 Å². The van der Waals surface area contributed by atoms with E-state index in [2.05, 4.69) is 5.32 Å². The van der Waals surface area contributed by atoms with Crippen molar-refractivity contribution in [1.29, 1.82) is 0 Å². The number of halogens is 2. The van der Waals surface area contributed by atoms with Crippen LogP contribution in [0, 0.1) is 15.9 Å². The minimum absolute atomic E-state index is 0.0157. The third-order valence-corrected chi connectivity index (χ3v) is 3.34. The third kappa shape index (κ3) is 3.59. The monoisotopic (exact) mass is 322 g/mol. The van der Waals surface area contributed by atoms with Crippen LogP contribution in [0.25, 0.3) is 0 Å². The molecule has 0 unspecified atom stereocenters. The average Bonchev–Trinajstić information content (AvgIpc) is 2.47. The molecule has 0 aliphatic rings. The van der Waals surface area contributed by atoms with Gasteiger partial charge < -0.3 is 5.32 Å². The summed E-state index contributed by atoms with van der Waals surface area (Å²) in [5, 5.41) is 13.9. The topological polar surface area (TPSA) is 72.2 Å². The van der Waals surface area contributed by atoms with Crippen molar-refractivity contribution < 1.29 is 14.1 Å². The van der Waals surface area contributed by atoms with E-state index in [1.165, 1.54) is 6.07 Å². The lowest BCUT2D eigenvalue weighted by molar-refractivity contribution is -0.387. The summed E-state index contributed by atoms with van der Waals surface area (Å²) in [4.78, 5) is 21.9. The summed E-state index contributed by atoms with van der Waals surface area (Å²) in [5.74, 6) is -1.51. The molecule has 0 radical (unpaired) electrons. The van der Waals surface area contributed by atoms with Crippen molar-refractivity contribution in [2.24, 2.45) is 0 Å². The highest BCUT2D eigenvalue weighted by atomic mass is 35.5. The van der Waals surface area contributed by atoms with Crippen LogP contribution in [0.2, 0.25) is 5.02 Å². The van der Waals surface area contributed by atoms with Crippen molar-refractivity contribution in [3.05, 3.63) is 74.5 Å². The number of amides is 1. The third-order valence-electron chi connectivity index (χ3n) is 3.10. The Morgan fingerprint density at radius 2 is 2.05 bits per heavy atom. The zero-order valence-corrected chi connectivity index (χ0v) is 12.3. The first kappa shape index (κ1) is 15.9. The molecular formula is C15H12ClFN2O3. The largest absolute Gasteiger partial charge is 0.346 e. The zero-order valence-electron chi connectivity index (χ0n) is 11.5. The molecule has 0 saturated carbocycles. The van der Waals surface area contributed by atoms with Gasteiger partial charge in [-0.2, -0.15) is 4.39 Å². The van der Waals surface area contributed by atoms with Crippen molar-refractivity contribution in [1.82, 2.24) is 5.32 Å². The summed E-state index contributed by atoms with van der Waals surface area (Å²) in [7, 11) is 0. The number of carbonyl (C=O) groups excluding carboxylic acids is 1. The molecule has 0 aliphatic carbocycles. The second kappa shape index (κ2) is 6.53. The quantitative estimate of drug-likeness (QED) is 0.686. The van der Waals surface area contributed by atoms with E-state index < -0.39 is 22.3 Å². The van der Waals surface area contributed by atoms with Gasteiger partial charge in [-0.3, -0.25) is 14.9 Å². The molecule has 7 heteroatoms. The van der Waals surface area contributed by atoms with Crippen LogP contribution in [0.15, 0.2) is 42.5 Å². The van der Waals surface area contributed by atoms with Gasteiger partial charge in [0.1, 0.15) is 0 Å². The predicted molar refractivity (Wildman–Crippen MR) is 80.4 cm³/mol. The van der Waals surface area contributed by atoms with Crippen LogP contribution < -0.4 is 5.32 Å². The van der Waals surface area contributed by atoms with Gasteiger partial charge in [-0.1, -0.05) is 23.7 Å². The van der Waals surface area contributed by atoms with Crippen LogP contribution >= 0.6 is 11.6 Å². The van der Waals surface area contributed by atoms with Gasteiger partial charge in [0.25, 0.3) is 5.91 Å². The maximum absolute atomic E-state index is 13.3. The van der Waals surface area contributed by atoms with Gasteiger partial charge in [-0.15, -0.1) is 0 Å². The fraction of sp³-hybridized carbons (Fsp3) is 0.133. The van der Waals surface area contributed by atoms with Gasteiger partial charge in [-0.25, -0.2) is 0 Å². The number of hydrogen-bond acceptors (Lipinski definition) is 3. The Hall–Kier alpha value is -2.47. The van der Waals surface area contributed by atoms with Crippen LogP contribution in [0.1, 0.15) is 28.9 Å². The number of benzene rings is 2. The molecule has 0 heterocycles. The Balaban J connectivity index is 2.19. The molecule has 0 aromatic heterocycles. The van der Waals surface area contributed by atoms with Crippen LogP contribution in [0.4, 0.5) is 10.1 Å². The molecule has 2 rings (SSSR count). The van der Waals surface area contributed by atoms with Crippen molar-refractivity contribution >= 4 is 23.2 Å². The first-order valence-corrected chi connectivity index (χ1v) is 6.76. The van der Waals surface area contributed by atoms with Crippen LogP contribution in [-0.4, -0.2) is 10.8 Å². The molecule has 5 nitrogen and oxygen atoms in total. The van der Waals surface area contributed by atoms with Crippen molar-refractivity contribution in [3.8, 4) is 0 Å². The van der Waals surface area contributed by atoms with Gasteiger partial charge in [0.05, 0.1) is 11.0 Å². The van der Waals surface area contributed by atoms with Crippen molar-refractivity contribution in [2.75, 3.05) is 0 Å². The van der Waals surface area contributed by atoms with Crippen LogP contribution in [0.5, 0.6) is 0 Å². The van der Waals surface area contributed by atoms with E-state index in [1.54, 1.807) is 31.2 Å². The molecular weight excluding hydrogens is 311 g/mol. The Morgan fingerprint density at radius 3 is 2.68 bits per heavy atom. The van der Waals surface area contributed by atoms with E-state index in [0.717, 1.165) is 17.7 Å². The number of carbonyl (C=O) groups is 1. The molecule has 114 valence electrons. The molecule has 0 saturated heterocycles. The highest BCUT2D eigenvalue weighted by molar-refractivity contribution is 6.30. The van der Waals surface area contributed by atoms with E-state index in [4.69, 9.17) is 11.6 Å². The smallest absolute Gasteiger partial charge is 0.305 e. The van der Waals surface area contributed by atoms with Crippen LogP contribution in [0.3, 0.4) is 0 Å². The normalized spacial score (nSPS) is 11.8. The van der Waals surface area contributed by atoms with E-state index in [9.17, 15) is 19.3 Å². The molecule has 22 heavy (non-hydrogen) atoms. The molecule has 1 N–H and O–H groups in total. The summed E-state index contributed by atoms with van der Waals surface area (Å²) < 4.78 is 13.3. The van der Waals surface area contributed by atoms with E-state index >= 15 is 0 Å². The summed E-state index contributed by atoms with van der Waals surface area (Å²) in [6.07, 6.45) is 0. The maximum atomic E-state index is 13.3. The minimum atomic E-state index is -0.982. The molecule has 1 amide bonds. The van der Waals surface area contributed by atoms with Gasteiger partial charge in [0, 0.05) is 16.7 Å². The summed E-state index contributed by atoms with van der Waals surface area (Å²) in [6, 6.07) is 9.62. The summed E-state index contributed by atoms with van der Waals surface area (Å²) in [6.45, 7) is 1.75. The number of hydrogen-bond donors (Lipinski definition) is 1. The number of nitro benzene ring substituents is 1. The second-order valence-electron chi connectivity index (χ2n) is 4.67. The SMILES string of the molecule is C[C@H](NC(=O)c1ccc(F)c([N+](=O)[O-])c1)c1cccc(Cl)c1. The zero-order chi connectivity index (χ0) is 16.3. The molecule has 0 fully saturated rings. The summed E-state index contributed by atoms with van der Waals surface area (Å²) >= 11 is 5.89. The number of nitrogens with zero attached hydrogens (tertiary/aromatic N) is 1. The van der Waals surface area contributed by atoms with E-state index in [-0.39, 0.29) is 11.6 Å². The van der Waals surface area contributed by atoms with E-state index in [1.807, 2.05) is 0 Å². The number of rotatable bonds is 4. The lowest BCUT2D eigenvalue weighted by atomic mass is 10.1. The van der Waals surface area contributed by atoms with Crippen LogP contribution in [-0.2, 0) is 0 Å². The summed E-state index contributed by atoms with van der Waals surface area (Å²) in [5.41, 5.74) is 0.0718. The minimum Gasteiger partial charge on any atom is -0.346 e. The highest BCUT2D eigenvalue weighted by Gasteiger charge is 2.18. The molecule has 0 aliphatic heterocycles. The molecule has 2 aromatic carbocycles. The average molecular weight is 323 g/mol. The van der Waals surface area contributed by atoms with Gasteiger partial charge in [0.2, 0.25) is 5.82 Å². The Bertz CT molecular complexity index is 736. The second-order valence-corrected chi connectivity index (χ2v) is 5.11. The van der Waals surface area contributed by atoms with E-state index in [0.29, 0.717) is 5.02 Å². The molecule has 1 atom stereocenters. The fourth-order valence-electron chi connectivity index (χ4n) is 1.93. The Kier molecular flexibility index (Phi) is 4.72. The highest BCUT2D eigenvalue weighted by Crippen LogP contribution is 2.20. The lowest BCUT2D eigenvalue weighted by Gasteiger charge is -2.14. The predicted octanol–water partition coefficient (Wildman–Crippen LogP) is 3.88. The number of nitrogens with one attached hydrogen (secondary N) is 1. The van der Waals surface area contributed by atoms with Gasteiger partial charge in [0.15, 0.2) is 0 Å². The molecule has 2 aromatic rings. The Morgan fingerprint density at radius 1 is 1.32 bits per heavy atom. The first-order valence-electron chi connectivity index (χ1n) is 6.38. The molecule has 0 bridgehead atoms. The first-order chi connectivity index (χ1) is 10.4. The number of nitro groups is 1. The molecule has 0 spiro atoms. The Labute approximate surface area is 130 Å². The maximum Gasteiger partial charge on any atom is 0.305 e. The van der Waals surface area contributed by atoms with Crippen molar-refractivity contribution in [3.63, 3.8) is 0 Å². The van der Waals surface area contributed by atoms with Crippen molar-refractivity contribution in [2.45, 2.75) is 13.0 Å². The fourth-order valence-corrected chi connectivity index (χ4v) is 2.13. The van der Waals surface area contributed by atoms with Gasteiger partial charge >= 0.3 is 5.69 Å². The lowest BCUT2D eigenvalue weighted by Crippen LogP contribution is -2.26.